The second-order valence-corrected chi connectivity index (χ2v) is 9.25. The molecule has 0 aliphatic heterocycles. The predicted octanol–water partition coefficient (Wildman–Crippen LogP) is 3.30. The third-order valence-corrected chi connectivity index (χ3v) is 7.26. The molecular weight excluding hydrogens is 358 g/mol. The van der Waals surface area contributed by atoms with Crippen molar-refractivity contribution in [1.82, 2.24) is 19.6 Å². The van der Waals surface area contributed by atoms with Crippen LogP contribution in [0.4, 0.5) is 5.69 Å². The predicted molar refractivity (Wildman–Crippen MR) is 101 cm³/mol. The molecule has 0 spiro atoms. The Morgan fingerprint density at radius 2 is 1.71 bits per heavy atom. The van der Waals surface area contributed by atoms with Gasteiger partial charge in [-0.3, -0.25) is 19.6 Å². The van der Waals surface area contributed by atoms with Gasteiger partial charge in [-0.1, -0.05) is 0 Å². The van der Waals surface area contributed by atoms with Gasteiger partial charge in [0.2, 0.25) is 5.69 Å². The number of carbonyl (C=O) groups is 1. The number of aromatic nitrogens is 4. The Bertz CT molecular complexity index is 967. The topological polar surface area (TPSA) is 95.8 Å². The lowest BCUT2D eigenvalue weighted by Crippen LogP contribution is -2.49. The van der Waals surface area contributed by atoms with E-state index in [0.717, 1.165) is 29.1 Å². The summed E-state index contributed by atoms with van der Waals surface area (Å²) < 4.78 is 2.65. The molecule has 4 bridgehead atoms. The number of hydrogen-bond acceptors (Lipinski definition) is 5. The molecule has 2 heterocycles. The quantitative estimate of drug-likeness (QED) is 0.598. The van der Waals surface area contributed by atoms with Gasteiger partial charge >= 0.3 is 11.6 Å². The Labute approximate surface area is 163 Å². The molecule has 4 saturated carbocycles. The molecule has 148 valence electrons. The maximum Gasteiger partial charge on any atom is 0.320 e. The van der Waals surface area contributed by atoms with E-state index in [1.54, 1.807) is 7.05 Å². The average molecular weight is 383 g/mol. The van der Waals surface area contributed by atoms with Crippen molar-refractivity contribution in [3.05, 3.63) is 39.0 Å². The van der Waals surface area contributed by atoms with E-state index in [1.165, 1.54) is 59.6 Å². The van der Waals surface area contributed by atoms with Crippen molar-refractivity contribution in [2.75, 3.05) is 0 Å². The number of nitrogens with zero attached hydrogens (tertiary/aromatic N) is 5. The number of hydrogen-bond donors (Lipinski definition) is 0. The fourth-order valence-corrected chi connectivity index (χ4v) is 6.89. The normalized spacial score (nSPS) is 30.8. The first kappa shape index (κ1) is 17.6. The van der Waals surface area contributed by atoms with E-state index >= 15 is 0 Å². The minimum absolute atomic E-state index is 0.123. The van der Waals surface area contributed by atoms with Crippen molar-refractivity contribution >= 4 is 11.6 Å². The van der Waals surface area contributed by atoms with Crippen LogP contribution in [0.2, 0.25) is 0 Å². The van der Waals surface area contributed by atoms with Crippen LogP contribution in [0.25, 0.3) is 0 Å². The van der Waals surface area contributed by atoms with Gasteiger partial charge in [-0.25, -0.2) is 0 Å². The molecule has 0 atom stereocenters. The number of aryl methyl sites for hydroxylation is 2. The van der Waals surface area contributed by atoms with Crippen molar-refractivity contribution in [1.29, 1.82) is 0 Å². The third-order valence-electron chi connectivity index (χ3n) is 7.26. The summed E-state index contributed by atoms with van der Waals surface area (Å²) in [5.41, 5.74) is 2.60. The number of rotatable bonds is 3. The van der Waals surface area contributed by atoms with Crippen LogP contribution in [0.15, 0.2) is 6.20 Å². The van der Waals surface area contributed by atoms with E-state index in [-0.39, 0.29) is 16.8 Å². The van der Waals surface area contributed by atoms with Crippen molar-refractivity contribution in [3.8, 4) is 0 Å². The van der Waals surface area contributed by atoms with Crippen LogP contribution < -0.4 is 0 Å². The highest BCUT2D eigenvalue weighted by atomic mass is 16.6. The van der Waals surface area contributed by atoms with Crippen LogP contribution in [0, 0.1) is 41.7 Å². The van der Waals surface area contributed by atoms with Gasteiger partial charge in [0, 0.05) is 18.3 Å². The maximum absolute atomic E-state index is 13.1. The first-order valence-electron chi connectivity index (χ1n) is 10.1. The monoisotopic (exact) mass is 383 g/mol. The molecule has 0 unspecified atom stereocenters. The summed E-state index contributed by atoms with van der Waals surface area (Å²) in [5.74, 6) is 1.85. The van der Waals surface area contributed by atoms with Gasteiger partial charge in [0.05, 0.1) is 10.6 Å². The zero-order valence-electron chi connectivity index (χ0n) is 16.5. The molecule has 0 radical (unpaired) electrons. The molecule has 8 heteroatoms. The minimum Gasteiger partial charge on any atom is -0.268 e. The highest BCUT2D eigenvalue weighted by Gasteiger charge is 2.53. The van der Waals surface area contributed by atoms with Crippen LogP contribution in [-0.2, 0) is 12.5 Å². The minimum atomic E-state index is -0.564. The van der Waals surface area contributed by atoms with Gasteiger partial charge < -0.3 is 0 Å². The molecule has 4 fully saturated rings. The summed E-state index contributed by atoms with van der Waals surface area (Å²) in [7, 11) is 1.58. The van der Waals surface area contributed by atoms with Gasteiger partial charge in [-0.2, -0.15) is 14.9 Å². The zero-order valence-corrected chi connectivity index (χ0v) is 16.5. The lowest BCUT2D eigenvalue weighted by atomic mass is 9.48. The van der Waals surface area contributed by atoms with Crippen molar-refractivity contribution in [2.45, 2.75) is 57.8 Å². The molecule has 4 aliphatic rings. The number of carbonyl (C=O) groups excluding carboxylic acids is 1. The molecule has 0 aromatic carbocycles. The van der Waals surface area contributed by atoms with Gasteiger partial charge in [0.1, 0.15) is 6.20 Å². The van der Waals surface area contributed by atoms with E-state index in [9.17, 15) is 14.9 Å². The van der Waals surface area contributed by atoms with Crippen LogP contribution in [-0.4, -0.2) is 30.4 Å². The summed E-state index contributed by atoms with van der Waals surface area (Å²) in [5, 5.41) is 19.9. The van der Waals surface area contributed by atoms with Crippen molar-refractivity contribution in [2.24, 2.45) is 24.8 Å². The molecule has 2 aromatic heterocycles. The molecule has 0 N–H and O–H groups in total. The van der Waals surface area contributed by atoms with E-state index < -0.39 is 10.8 Å². The Morgan fingerprint density at radius 1 is 1.14 bits per heavy atom. The Kier molecular flexibility index (Phi) is 3.61. The molecule has 2 aromatic rings. The summed E-state index contributed by atoms with van der Waals surface area (Å²) >= 11 is 0. The fourth-order valence-electron chi connectivity index (χ4n) is 6.89. The molecule has 0 amide bonds. The van der Waals surface area contributed by atoms with Crippen molar-refractivity contribution in [3.63, 3.8) is 0 Å². The molecule has 6 rings (SSSR count). The van der Waals surface area contributed by atoms with Crippen LogP contribution >= 0.6 is 0 Å². The smallest absolute Gasteiger partial charge is 0.268 e. The first-order chi connectivity index (χ1) is 13.3. The van der Waals surface area contributed by atoms with Gasteiger partial charge in [-0.05, 0) is 75.5 Å². The number of nitro groups is 1. The second kappa shape index (κ2) is 5.75. The lowest BCUT2D eigenvalue weighted by molar-refractivity contribution is -0.385. The highest BCUT2D eigenvalue weighted by Crippen LogP contribution is 2.61. The van der Waals surface area contributed by atoms with E-state index in [1.807, 2.05) is 13.8 Å². The largest absolute Gasteiger partial charge is 0.320 e. The summed E-state index contributed by atoms with van der Waals surface area (Å²) in [6, 6.07) is 0. The summed E-state index contributed by atoms with van der Waals surface area (Å²) in [6.07, 6.45) is 8.87. The first-order valence-corrected chi connectivity index (χ1v) is 10.1. The maximum atomic E-state index is 13.1. The SMILES string of the molecule is Cc1nn(C(=O)c2nn(C)cc2[N+](=O)[O-])c(C)c1C12CC3CC(CC(C3)C1)C2. The molecule has 28 heavy (non-hydrogen) atoms. The second-order valence-electron chi connectivity index (χ2n) is 9.25. The summed E-state index contributed by atoms with van der Waals surface area (Å²) in [6.45, 7) is 3.90. The van der Waals surface area contributed by atoms with Crippen LogP contribution in [0.1, 0.15) is 66.0 Å². The highest BCUT2D eigenvalue weighted by molar-refractivity contribution is 5.97. The fraction of sp³-hybridized carbons (Fsp3) is 0.650. The van der Waals surface area contributed by atoms with Gasteiger partial charge in [0.15, 0.2) is 0 Å². The Morgan fingerprint density at radius 3 is 2.25 bits per heavy atom. The third kappa shape index (κ3) is 2.39. The standard InChI is InChI=1S/C20H25N5O3/c1-11-17(20-7-13-4-14(8-20)6-15(5-13)9-20)12(2)24(21-11)19(26)18-16(25(27)28)10-23(3)22-18/h10,13-15H,4-9H2,1-3H3. The van der Waals surface area contributed by atoms with E-state index in [4.69, 9.17) is 0 Å². The molecule has 8 nitrogen and oxygen atoms in total. The summed E-state index contributed by atoms with van der Waals surface area (Å²) in [4.78, 5) is 23.9. The Hall–Kier alpha value is -2.51. The molecule has 4 aliphatic carbocycles. The lowest BCUT2D eigenvalue weighted by Gasteiger charge is -2.57. The van der Waals surface area contributed by atoms with Gasteiger partial charge in [0.25, 0.3) is 0 Å². The molecular formula is C20H25N5O3. The molecule has 0 saturated heterocycles. The van der Waals surface area contributed by atoms with Gasteiger partial charge in [-0.15, -0.1) is 0 Å². The van der Waals surface area contributed by atoms with Crippen LogP contribution in [0.3, 0.4) is 0 Å². The van der Waals surface area contributed by atoms with E-state index in [2.05, 4.69) is 10.2 Å². The van der Waals surface area contributed by atoms with E-state index in [0.29, 0.717) is 0 Å². The zero-order chi connectivity index (χ0) is 19.8. The average Bonchev–Trinajstić information content (AvgIpc) is 3.13. The van der Waals surface area contributed by atoms with Crippen LogP contribution in [0.5, 0.6) is 0 Å². The Balaban J connectivity index is 1.58. The van der Waals surface area contributed by atoms with Crippen molar-refractivity contribution < 1.29 is 9.72 Å².